The molecule has 2 atom stereocenters. The number of hydrogen-bond donors (Lipinski definition) is 2. The molecule has 2 N–H and O–H groups in total. The van der Waals surface area contributed by atoms with E-state index in [4.69, 9.17) is 4.74 Å². The monoisotopic (exact) mass is 353 g/mol. The fourth-order valence-corrected chi connectivity index (χ4v) is 4.27. The summed E-state index contributed by atoms with van der Waals surface area (Å²) < 4.78 is 6.06. The van der Waals surface area contributed by atoms with Crippen molar-refractivity contribution >= 4 is 39.1 Å². The Bertz CT molecular complexity index is 717. The molecule has 0 saturated heterocycles. The number of thiophene rings is 1. The number of aliphatic hydroxyl groups is 1. The number of hydrogen-bond acceptors (Lipinski definition) is 7. The van der Waals surface area contributed by atoms with Crippen molar-refractivity contribution < 1.29 is 9.84 Å². The lowest BCUT2D eigenvalue weighted by molar-refractivity contribution is -0.0542. The van der Waals surface area contributed by atoms with Gasteiger partial charge in [0, 0.05) is 17.8 Å². The molecule has 0 radical (unpaired) electrons. The van der Waals surface area contributed by atoms with Gasteiger partial charge in [-0.25, -0.2) is 9.97 Å². The van der Waals surface area contributed by atoms with Gasteiger partial charge in [0.1, 0.15) is 10.6 Å². The summed E-state index contributed by atoms with van der Waals surface area (Å²) in [6.07, 6.45) is 3.41. The molecule has 126 valence electrons. The van der Waals surface area contributed by atoms with Gasteiger partial charge in [-0.05, 0) is 32.1 Å². The second kappa shape index (κ2) is 6.55. The number of aromatic nitrogens is 2. The predicted octanol–water partition coefficient (Wildman–Crippen LogP) is 3.45. The SMILES string of the molecule is CC[C@@]1(C)Cc2c(sc3nc(SC)nc(NC[C@@H](C)O)c23)CO1. The van der Waals surface area contributed by atoms with Gasteiger partial charge in [-0.1, -0.05) is 18.7 Å². The summed E-state index contributed by atoms with van der Waals surface area (Å²) in [7, 11) is 0. The smallest absolute Gasteiger partial charge is 0.190 e. The average Bonchev–Trinajstić information content (AvgIpc) is 2.89. The molecule has 5 nitrogen and oxygen atoms in total. The summed E-state index contributed by atoms with van der Waals surface area (Å²) in [4.78, 5) is 11.6. The van der Waals surface area contributed by atoms with Gasteiger partial charge >= 0.3 is 0 Å². The van der Waals surface area contributed by atoms with E-state index in [1.54, 1.807) is 18.3 Å². The van der Waals surface area contributed by atoms with E-state index in [0.717, 1.165) is 34.0 Å². The predicted molar refractivity (Wildman–Crippen MR) is 96.6 cm³/mol. The van der Waals surface area contributed by atoms with E-state index in [2.05, 4.69) is 29.1 Å². The number of rotatable bonds is 5. The van der Waals surface area contributed by atoms with Crippen LogP contribution in [0.2, 0.25) is 0 Å². The van der Waals surface area contributed by atoms with Crippen LogP contribution in [0, 0.1) is 0 Å². The van der Waals surface area contributed by atoms with Gasteiger partial charge in [-0.15, -0.1) is 11.3 Å². The third-order valence-corrected chi connectivity index (χ3v) is 5.96. The molecule has 3 rings (SSSR count). The normalized spacial score (nSPS) is 22.1. The van der Waals surface area contributed by atoms with E-state index in [1.165, 1.54) is 22.2 Å². The van der Waals surface area contributed by atoms with E-state index in [1.807, 2.05) is 6.26 Å². The third-order valence-electron chi connectivity index (χ3n) is 4.31. The molecular formula is C16H23N3O2S2. The highest BCUT2D eigenvalue weighted by Crippen LogP contribution is 2.42. The maximum Gasteiger partial charge on any atom is 0.190 e. The topological polar surface area (TPSA) is 67.3 Å². The first kappa shape index (κ1) is 17.0. The fraction of sp³-hybridized carbons (Fsp3) is 0.625. The van der Waals surface area contributed by atoms with Crippen LogP contribution >= 0.6 is 23.1 Å². The molecule has 0 fully saturated rings. The molecule has 0 aromatic carbocycles. The van der Waals surface area contributed by atoms with Crippen molar-refractivity contribution in [1.82, 2.24) is 9.97 Å². The molecule has 1 aliphatic heterocycles. The molecule has 3 heterocycles. The van der Waals surface area contributed by atoms with Crippen molar-refractivity contribution in [2.24, 2.45) is 0 Å². The Morgan fingerprint density at radius 2 is 2.26 bits per heavy atom. The zero-order valence-electron chi connectivity index (χ0n) is 14.0. The Morgan fingerprint density at radius 3 is 2.91 bits per heavy atom. The molecule has 0 saturated carbocycles. The minimum Gasteiger partial charge on any atom is -0.392 e. The van der Waals surface area contributed by atoms with Gasteiger partial charge in [-0.3, -0.25) is 0 Å². The quantitative estimate of drug-likeness (QED) is 0.634. The van der Waals surface area contributed by atoms with Gasteiger partial charge in [0.2, 0.25) is 0 Å². The number of nitrogens with zero attached hydrogens (tertiary/aromatic N) is 2. The molecule has 2 aromatic heterocycles. The van der Waals surface area contributed by atoms with Crippen LogP contribution in [0.5, 0.6) is 0 Å². The molecule has 1 aliphatic rings. The van der Waals surface area contributed by atoms with Crippen LogP contribution < -0.4 is 5.32 Å². The number of fused-ring (bicyclic) bond motifs is 3. The summed E-state index contributed by atoms with van der Waals surface area (Å²) in [6.45, 7) is 7.22. The van der Waals surface area contributed by atoms with Gasteiger partial charge in [-0.2, -0.15) is 0 Å². The Kier molecular flexibility index (Phi) is 4.83. The molecule has 7 heteroatoms. The molecule has 0 aliphatic carbocycles. The highest BCUT2D eigenvalue weighted by Gasteiger charge is 2.33. The summed E-state index contributed by atoms with van der Waals surface area (Å²) in [6, 6.07) is 0. The minimum atomic E-state index is -0.420. The van der Waals surface area contributed by atoms with E-state index in [0.29, 0.717) is 13.2 Å². The molecule has 0 unspecified atom stereocenters. The van der Waals surface area contributed by atoms with Gasteiger partial charge in [0.25, 0.3) is 0 Å². The maximum atomic E-state index is 9.59. The lowest BCUT2D eigenvalue weighted by Gasteiger charge is -2.33. The average molecular weight is 354 g/mol. The van der Waals surface area contributed by atoms with Crippen LogP contribution in [0.15, 0.2) is 5.16 Å². The van der Waals surface area contributed by atoms with Crippen LogP contribution in [0.4, 0.5) is 5.82 Å². The second-order valence-corrected chi connectivity index (χ2v) is 8.10. The van der Waals surface area contributed by atoms with Crippen molar-refractivity contribution in [3.63, 3.8) is 0 Å². The van der Waals surface area contributed by atoms with E-state index in [-0.39, 0.29) is 5.60 Å². The molecule has 0 spiro atoms. The molecular weight excluding hydrogens is 330 g/mol. The van der Waals surface area contributed by atoms with Crippen LogP contribution in [-0.2, 0) is 17.8 Å². The summed E-state index contributed by atoms with van der Waals surface area (Å²) in [5.41, 5.74) is 1.18. The zero-order chi connectivity index (χ0) is 16.6. The highest BCUT2D eigenvalue weighted by molar-refractivity contribution is 7.98. The van der Waals surface area contributed by atoms with Crippen molar-refractivity contribution in [3.8, 4) is 0 Å². The molecule has 2 aromatic rings. The Hall–Kier alpha value is -0.890. The third kappa shape index (κ3) is 3.33. The number of aliphatic hydroxyl groups excluding tert-OH is 1. The van der Waals surface area contributed by atoms with Crippen molar-refractivity contribution in [2.45, 2.75) is 57.1 Å². The zero-order valence-corrected chi connectivity index (χ0v) is 15.6. The fourth-order valence-electron chi connectivity index (χ4n) is 2.74. The van der Waals surface area contributed by atoms with E-state index in [9.17, 15) is 5.11 Å². The summed E-state index contributed by atoms with van der Waals surface area (Å²) >= 11 is 3.23. The molecule has 0 bridgehead atoms. The van der Waals surface area contributed by atoms with Crippen molar-refractivity contribution in [1.29, 1.82) is 0 Å². The lowest BCUT2D eigenvalue weighted by atomic mass is 9.90. The first-order valence-electron chi connectivity index (χ1n) is 7.88. The first-order chi connectivity index (χ1) is 11.0. The van der Waals surface area contributed by atoms with Gasteiger partial charge in [0.15, 0.2) is 5.16 Å². The lowest BCUT2D eigenvalue weighted by Crippen LogP contribution is -2.34. The summed E-state index contributed by atoms with van der Waals surface area (Å²) in [5.74, 6) is 0.832. The largest absolute Gasteiger partial charge is 0.392 e. The van der Waals surface area contributed by atoms with Crippen molar-refractivity contribution in [2.75, 3.05) is 18.1 Å². The van der Waals surface area contributed by atoms with Gasteiger partial charge in [0.05, 0.1) is 23.7 Å². The van der Waals surface area contributed by atoms with Crippen LogP contribution in [0.25, 0.3) is 10.2 Å². The molecule has 0 amide bonds. The Balaban J connectivity index is 2.11. The minimum absolute atomic E-state index is 0.124. The van der Waals surface area contributed by atoms with E-state index >= 15 is 0 Å². The van der Waals surface area contributed by atoms with Crippen LogP contribution in [0.3, 0.4) is 0 Å². The number of thioether (sulfide) groups is 1. The molecule has 23 heavy (non-hydrogen) atoms. The number of nitrogens with one attached hydrogen (secondary N) is 1. The summed E-state index contributed by atoms with van der Waals surface area (Å²) in [5, 5.41) is 14.7. The number of anilines is 1. The van der Waals surface area contributed by atoms with E-state index < -0.39 is 6.10 Å². The maximum absolute atomic E-state index is 9.59. The Morgan fingerprint density at radius 1 is 1.48 bits per heavy atom. The van der Waals surface area contributed by atoms with Gasteiger partial charge < -0.3 is 15.2 Å². The standard InChI is InChI=1S/C16H23N3O2S2/c1-5-16(3)6-10-11(8-21-16)23-14-12(10)13(17-7-9(2)20)18-15(19-14)22-4/h9,20H,5-8H2,1-4H3,(H,17,18,19)/t9-,16+/m1/s1. The second-order valence-electron chi connectivity index (χ2n) is 6.24. The van der Waals surface area contributed by atoms with Crippen LogP contribution in [0.1, 0.15) is 37.6 Å². The van der Waals surface area contributed by atoms with Crippen molar-refractivity contribution in [3.05, 3.63) is 10.4 Å². The number of ether oxygens (including phenoxy) is 1. The highest BCUT2D eigenvalue weighted by atomic mass is 32.2. The van der Waals surface area contributed by atoms with Crippen LogP contribution in [-0.4, -0.2) is 39.6 Å². The Labute approximate surface area is 144 Å². The first-order valence-corrected chi connectivity index (χ1v) is 9.92.